The third kappa shape index (κ3) is 3.49. The number of rotatable bonds is 3. The zero-order valence-corrected chi connectivity index (χ0v) is 13.4. The van der Waals surface area contributed by atoms with Crippen LogP contribution in [-0.4, -0.2) is 48.9 Å². The standard InChI is InChI=1S/C18H25FN2O/c1-20-11-8-18(9-12-20)10-13-21(14-18)17(22)7-4-15-2-5-16(19)6-3-15/h2-3,5-6H,4,7-14H2,1H3. The molecule has 22 heavy (non-hydrogen) atoms. The van der Waals surface area contributed by atoms with E-state index in [9.17, 15) is 9.18 Å². The number of piperidine rings is 1. The summed E-state index contributed by atoms with van der Waals surface area (Å²) in [6.45, 7) is 4.14. The maximum absolute atomic E-state index is 12.9. The van der Waals surface area contributed by atoms with Gasteiger partial charge in [-0.05, 0) is 68.9 Å². The molecule has 2 aliphatic rings. The van der Waals surface area contributed by atoms with Gasteiger partial charge in [-0.15, -0.1) is 0 Å². The van der Waals surface area contributed by atoms with Crippen LogP contribution in [0.1, 0.15) is 31.2 Å². The Kier molecular flexibility index (Phi) is 4.48. The summed E-state index contributed by atoms with van der Waals surface area (Å²) in [5.74, 6) is 0.0268. The monoisotopic (exact) mass is 304 g/mol. The van der Waals surface area contributed by atoms with Gasteiger partial charge in [0.1, 0.15) is 5.82 Å². The van der Waals surface area contributed by atoms with Crippen LogP contribution in [0.5, 0.6) is 0 Å². The summed E-state index contributed by atoms with van der Waals surface area (Å²) in [5.41, 5.74) is 1.40. The van der Waals surface area contributed by atoms with E-state index in [1.54, 1.807) is 12.1 Å². The highest BCUT2D eigenvalue weighted by atomic mass is 19.1. The first-order chi connectivity index (χ1) is 10.6. The maximum atomic E-state index is 12.9. The van der Waals surface area contributed by atoms with Crippen LogP contribution in [0.4, 0.5) is 4.39 Å². The Hall–Kier alpha value is -1.42. The molecule has 2 aliphatic heterocycles. The van der Waals surface area contributed by atoms with Crippen molar-refractivity contribution in [2.75, 3.05) is 33.2 Å². The van der Waals surface area contributed by atoms with Crippen molar-refractivity contribution < 1.29 is 9.18 Å². The number of benzene rings is 1. The van der Waals surface area contributed by atoms with Gasteiger partial charge in [-0.25, -0.2) is 4.39 Å². The molecule has 0 saturated carbocycles. The van der Waals surface area contributed by atoms with Crippen molar-refractivity contribution in [3.05, 3.63) is 35.6 Å². The van der Waals surface area contributed by atoms with E-state index in [2.05, 4.69) is 16.8 Å². The van der Waals surface area contributed by atoms with Crippen molar-refractivity contribution in [1.29, 1.82) is 0 Å². The summed E-state index contributed by atoms with van der Waals surface area (Å²) in [5, 5.41) is 0. The van der Waals surface area contributed by atoms with Gasteiger partial charge in [0.15, 0.2) is 0 Å². The minimum atomic E-state index is -0.223. The lowest BCUT2D eigenvalue weighted by Crippen LogP contribution is -2.40. The molecule has 0 aliphatic carbocycles. The van der Waals surface area contributed by atoms with Gasteiger partial charge in [0.05, 0.1) is 0 Å². The molecule has 120 valence electrons. The average molecular weight is 304 g/mol. The van der Waals surface area contributed by atoms with Gasteiger partial charge < -0.3 is 9.80 Å². The van der Waals surface area contributed by atoms with Crippen LogP contribution in [0, 0.1) is 11.2 Å². The lowest BCUT2D eigenvalue weighted by atomic mass is 9.78. The Labute approximate surface area is 132 Å². The molecule has 4 heteroatoms. The second-order valence-electron chi connectivity index (χ2n) is 7.00. The van der Waals surface area contributed by atoms with E-state index >= 15 is 0 Å². The summed E-state index contributed by atoms with van der Waals surface area (Å²) in [7, 11) is 2.17. The first kappa shape index (κ1) is 15.5. The minimum Gasteiger partial charge on any atom is -0.342 e. The average Bonchev–Trinajstić information content (AvgIpc) is 2.94. The Morgan fingerprint density at radius 3 is 2.45 bits per heavy atom. The molecular weight excluding hydrogens is 279 g/mol. The Balaban J connectivity index is 1.50. The second-order valence-corrected chi connectivity index (χ2v) is 7.00. The Morgan fingerprint density at radius 2 is 1.77 bits per heavy atom. The Morgan fingerprint density at radius 1 is 1.14 bits per heavy atom. The van der Waals surface area contributed by atoms with Crippen LogP contribution in [0.25, 0.3) is 0 Å². The molecule has 0 N–H and O–H groups in total. The van der Waals surface area contributed by atoms with Crippen LogP contribution < -0.4 is 0 Å². The number of hydrogen-bond donors (Lipinski definition) is 0. The van der Waals surface area contributed by atoms with Crippen molar-refractivity contribution in [1.82, 2.24) is 9.80 Å². The van der Waals surface area contributed by atoms with Crippen molar-refractivity contribution in [3.8, 4) is 0 Å². The van der Waals surface area contributed by atoms with E-state index in [0.717, 1.165) is 38.2 Å². The number of amides is 1. The van der Waals surface area contributed by atoms with Gasteiger partial charge in [0.25, 0.3) is 0 Å². The van der Waals surface area contributed by atoms with Gasteiger partial charge in [-0.1, -0.05) is 12.1 Å². The maximum Gasteiger partial charge on any atom is 0.222 e. The molecular formula is C18H25FN2O. The molecule has 2 fully saturated rings. The highest BCUT2D eigenvalue weighted by molar-refractivity contribution is 5.76. The van der Waals surface area contributed by atoms with Crippen molar-refractivity contribution >= 4 is 5.91 Å². The highest BCUT2D eigenvalue weighted by Crippen LogP contribution is 2.40. The first-order valence-electron chi connectivity index (χ1n) is 8.27. The number of likely N-dealkylation sites (tertiary alicyclic amines) is 2. The van der Waals surface area contributed by atoms with Gasteiger partial charge in [0, 0.05) is 19.5 Å². The van der Waals surface area contributed by atoms with Crippen molar-refractivity contribution in [2.45, 2.75) is 32.1 Å². The molecule has 3 nitrogen and oxygen atoms in total. The summed E-state index contributed by atoms with van der Waals surface area (Å²) >= 11 is 0. The van der Waals surface area contributed by atoms with Crippen LogP contribution >= 0.6 is 0 Å². The van der Waals surface area contributed by atoms with E-state index in [4.69, 9.17) is 0 Å². The predicted octanol–water partition coefficient (Wildman–Crippen LogP) is 2.70. The SMILES string of the molecule is CN1CCC2(CC1)CCN(C(=O)CCc1ccc(F)cc1)C2. The second kappa shape index (κ2) is 6.37. The van der Waals surface area contributed by atoms with E-state index in [1.807, 2.05) is 0 Å². The van der Waals surface area contributed by atoms with Crippen LogP contribution in [-0.2, 0) is 11.2 Å². The number of carbonyl (C=O) groups excluding carboxylic acids is 1. The molecule has 0 aromatic heterocycles. The fourth-order valence-electron chi connectivity index (χ4n) is 3.71. The molecule has 0 atom stereocenters. The number of hydrogen-bond acceptors (Lipinski definition) is 2. The number of carbonyl (C=O) groups is 1. The van der Waals surface area contributed by atoms with Crippen LogP contribution in [0.3, 0.4) is 0 Å². The zero-order chi connectivity index (χ0) is 15.6. The quantitative estimate of drug-likeness (QED) is 0.857. The molecule has 3 rings (SSSR count). The molecule has 0 unspecified atom stereocenters. The summed E-state index contributed by atoms with van der Waals surface area (Å²) in [6, 6.07) is 6.46. The van der Waals surface area contributed by atoms with Gasteiger partial charge in [0.2, 0.25) is 5.91 Å². The molecule has 0 radical (unpaired) electrons. The summed E-state index contributed by atoms with van der Waals surface area (Å²) in [6.07, 6.45) is 4.81. The zero-order valence-electron chi connectivity index (χ0n) is 13.4. The topological polar surface area (TPSA) is 23.6 Å². The van der Waals surface area contributed by atoms with E-state index < -0.39 is 0 Å². The van der Waals surface area contributed by atoms with Crippen LogP contribution in [0.15, 0.2) is 24.3 Å². The predicted molar refractivity (Wildman–Crippen MR) is 85.1 cm³/mol. The van der Waals surface area contributed by atoms with Crippen molar-refractivity contribution in [3.63, 3.8) is 0 Å². The third-order valence-electron chi connectivity index (χ3n) is 5.38. The smallest absolute Gasteiger partial charge is 0.222 e. The van der Waals surface area contributed by atoms with E-state index in [-0.39, 0.29) is 11.7 Å². The number of halogens is 1. The van der Waals surface area contributed by atoms with Gasteiger partial charge in [-0.3, -0.25) is 4.79 Å². The molecule has 1 spiro atoms. The van der Waals surface area contributed by atoms with Crippen LogP contribution in [0.2, 0.25) is 0 Å². The van der Waals surface area contributed by atoms with Gasteiger partial charge >= 0.3 is 0 Å². The summed E-state index contributed by atoms with van der Waals surface area (Å²) in [4.78, 5) is 16.8. The number of nitrogens with zero attached hydrogens (tertiary/aromatic N) is 2. The molecule has 2 saturated heterocycles. The van der Waals surface area contributed by atoms with Gasteiger partial charge in [-0.2, -0.15) is 0 Å². The summed E-state index contributed by atoms with van der Waals surface area (Å²) < 4.78 is 12.9. The highest BCUT2D eigenvalue weighted by Gasteiger charge is 2.41. The van der Waals surface area contributed by atoms with E-state index in [0.29, 0.717) is 18.3 Å². The fourth-order valence-corrected chi connectivity index (χ4v) is 3.71. The Bertz CT molecular complexity index is 520. The number of aryl methyl sites for hydroxylation is 1. The minimum absolute atomic E-state index is 0.223. The molecule has 1 aromatic rings. The molecule has 0 bridgehead atoms. The lowest BCUT2D eigenvalue weighted by Gasteiger charge is -2.37. The molecule has 2 heterocycles. The molecule has 1 amide bonds. The third-order valence-corrected chi connectivity index (χ3v) is 5.38. The molecule has 1 aromatic carbocycles. The normalized spacial score (nSPS) is 21.5. The largest absolute Gasteiger partial charge is 0.342 e. The van der Waals surface area contributed by atoms with E-state index in [1.165, 1.54) is 25.0 Å². The lowest BCUT2D eigenvalue weighted by molar-refractivity contribution is -0.130. The van der Waals surface area contributed by atoms with Crippen molar-refractivity contribution in [2.24, 2.45) is 5.41 Å². The first-order valence-corrected chi connectivity index (χ1v) is 8.27. The fraction of sp³-hybridized carbons (Fsp3) is 0.611.